The zero-order chi connectivity index (χ0) is 34.7. The summed E-state index contributed by atoms with van der Waals surface area (Å²) in [5, 5.41) is 10.8. The molecule has 0 aliphatic rings. The van der Waals surface area contributed by atoms with E-state index in [2.05, 4.69) is 13.8 Å². The SMILES string of the molecule is CCCCCCCCCCCCC/C=C\C(O)C(COP(=O)(O)OCCC)OC(=O)CCCCCCCCCCCCCCCCC. The van der Waals surface area contributed by atoms with Crippen LogP contribution in [0.5, 0.6) is 0 Å². The van der Waals surface area contributed by atoms with Crippen LogP contribution in [0, 0.1) is 0 Å². The molecule has 2 N–H and O–H groups in total. The molecule has 7 nitrogen and oxygen atoms in total. The molecule has 0 aromatic carbocycles. The van der Waals surface area contributed by atoms with Gasteiger partial charge in [0, 0.05) is 6.42 Å². The first kappa shape index (κ1) is 46.3. The van der Waals surface area contributed by atoms with Crippen LogP contribution in [0.1, 0.15) is 207 Å². The van der Waals surface area contributed by atoms with Gasteiger partial charge in [-0.1, -0.05) is 187 Å². The van der Waals surface area contributed by atoms with E-state index in [4.69, 9.17) is 13.8 Å². The fraction of sp³-hybridized carbons (Fsp3) is 0.923. The van der Waals surface area contributed by atoms with Gasteiger partial charge in [-0.15, -0.1) is 0 Å². The average Bonchev–Trinajstić information content (AvgIpc) is 3.05. The van der Waals surface area contributed by atoms with Crippen molar-refractivity contribution in [2.45, 2.75) is 219 Å². The van der Waals surface area contributed by atoms with Crippen molar-refractivity contribution in [1.82, 2.24) is 0 Å². The van der Waals surface area contributed by atoms with Crippen LogP contribution in [0.25, 0.3) is 0 Å². The third-order valence-electron chi connectivity index (χ3n) is 8.82. The van der Waals surface area contributed by atoms with Crippen LogP contribution in [-0.2, 0) is 23.1 Å². The molecule has 0 fully saturated rings. The molecule has 0 aromatic heterocycles. The number of aliphatic hydroxyl groups excluding tert-OH is 1. The third-order valence-corrected chi connectivity index (χ3v) is 9.80. The van der Waals surface area contributed by atoms with Crippen molar-refractivity contribution in [3.05, 3.63) is 12.2 Å². The highest BCUT2D eigenvalue weighted by molar-refractivity contribution is 7.47. The highest BCUT2D eigenvalue weighted by atomic mass is 31.2. The molecule has 0 aliphatic heterocycles. The zero-order valence-electron chi connectivity index (χ0n) is 31.1. The van der Waals surface area contributed by atoms with E-state index >= 15 is 0 Å². The molecular formula is C39H77O7P. The minimum atomic E-state index is -4.29. The molecule has 0 radical (unpaired) electrons. The van der Waals surface area contributed by atoms with Gasteiger partial charge in [-0.2, -0.15) is 0 Å². The molecule has 3 unspecified atom stereocenters. The molecule has 0 saturated carbocycles. The molecule has 0 aromatic rings. The van der Waals surface area contributed by atoms with E-state index < -0.39 is 32.6 Å². The predicted molar refractivity (Wildman–Crippen MR) is 198 cm³/mol. The fourth-order valence-electron chi connectivity index (χ4n) is 5.77. The van der Waals surface area contributed by atoms with Crippen molar-refractivity contribution in [2.24, 2.45) is 0 Å². The molecule has 8 heteroatoms. The number of esters is 1. The molecule has 0 amide bonds. The van der Waals surface area contributed by atoms with Gasteiger partial charge in [0.15, 0.2) is 6.10 Å². The Hall–Kier alpha value is -0.720. The van der Waals surface area contributed by atoms with Crippen molar-refractivity contribution in [1.29, 1.82) is 0 Å². The van der Waals surface area contributed by atoms with Crippen LogP contribution in [-0.4, -0.2) is 41.4 Å². The van der Waals surface area contributed by atoms with Gasteiger partial charge >= 0.3 is 13.8 Å². The minimum absolute atomic E-state index is 0.0822. The standard InChI is InChI=1S/C39H77O7P/c1-4-7-9-11-13-15-17-19-20-22-24-26-28-30-32-34-39(41)46-38(36-45-47(42,43)44-35-6-3)37(40)33-31-29-27-25-23-21-18-16-14-12-10-8-5-2/h31,33,37-38,40H,4-30,32,34-36H2,1-3H3,(H,42,43)/b33-31-. The van der Waals surface area contributed by atoms with Gasteiger partial charge in [-0.3, -0.25) is 13.8 Å². The maximum absolute atomic E-state index is 12.6. The van der Waals surface area contributed by atoms with Crippen molar-refractivity contribution >= 4 is 13.8 Å². The summed E-state index contributed by atoms with van der Waals surface area (Å²) in [6, 6.07) is 0. The van der Waals surface area contributed by atoms with Crippen LogP contribution < -0.4 is 0 Å². The number of hydrogen-bond acceptors (Lipinski definition) is 6. The zero-order valence-corrected chi connectivity index (χ0v) is 32.0. The van der Waals surface area contributed by atoms with E-state index in [0.717, 1.165) is 38.5 Å². The molecule has 0 rings (SSSR count). The lowest BCUT2D eigenvalue weighted by Crippen LogP contribution is -2.34. The summed E-state index contributed by atoms with van der Waals surface area (Å²) in [4.78, 5) is 22.5. The molecule has 0 bridgehead atoms. The highest BCUT2D eigenvalue weighted by Gasteiger charge is 2.28. The summed E-state index contributed by atoms with van der Waals surface area (Å²) in [6.45, 7) is 6.01. The molecule has 0 spiro atoms. The summed E-state index contributed by atoms with van der Waals surface area (Å²) >= 11 is 0. The van der Waals surface area contributed by atoms with E-state index in [9.17, 15) is 19.4 Å². The van der Waals surface area contributed by atoms with Crippen molar-refractivity contribution < 1.29 is 33.1 Å². The van der Waals surface area contributed by atoms with Gasteiger partial charge < -0.3 is 14.7 Å². The Morgan fingerprint density at radius 1 is 0.596 bits per heavy atom. The first-order valence-corrected chi connectivity index (χ1v) is 21.5. The lowest BCUT2D eigenvalue weighted by atomic mass is 10.0. The second-order valence-corrected chi connectivity index (χ2v) is 15.0. The first-order valence-electron chi connectivity index (χ1n) is 20.0. The smallest absolute Gasteiger partial charge is 0.457 e. The second kappa shape index (κ2) is 35.1. The summed E-state index contributed by atoms with van der Waals surface area (Å²) in [5.41, 5.74) is 0. The van der Waals surface area contributed by atoms with Gasteiger partial charge in [-0.25, -0.2) is 4.57 Å². The molecular weight excluding hydrogens is 611 g/mol. The third kappa shape index (κ3) is 33.5. The number of carbonyl (C=O) groups excluding carboxylic acids is 1. The number of phosphoric ester groups is 1. The van der Waals surface area contributed by atoms with Gasteiger partial charge in [0.2, 0.25) is 0 Å². The van der Waals surface area contributed by atoms with Crippen LogP contribution in [0.3, 0.4) is 0 Å². The Labute approximate surface area is 291 Å². The summed E-state index contributed by atoms with van der Waals surface area (Å²) in [7, 11) is -4.29. The maximum Gasteiger partial charge on any atom is 0.472 e. The number of unbranched alkanes of at least 4 members (excludes halogenated alkanes) is 25. The monoisotopic (exact) mass is 689 g/mol. The topological polar surface area (TPSA) is 102 Å². The fourth-order valence-corrected chi connectivity index (χ4v) is 6.59. The number of rotatable bonds is 37. The normalized spacial score (nSPS) is 14.4. The van der Waals surface area contributed by atoms with Crippen molar-refractivity contribution in [3.63, 3.8) is 0 Å². The Kier molecular flexibility index (Phi) is 34.6. The lowest BCUT2D eigenvalue weighted by molar-refractivity contribution is -0.156. The first-order chi connectivity index (χ1) is 22.9. The number of ether oxygens (including phenoxy) is 1. The quantitative estimate of drug-likeness (QED) is 0.0290. The van der Waals surface area contributed by atoms with Gasteiger partial charge in [0.1, 0.15) is 6.10 Å². The predicted octanol–water partition coefficient (Wildman–Crippen LogP) is 12.3. The summed E-state index contributed by atoms with van der Waals surface area (Å²) in [5.74, 6) is -0.423. The number of carbonyl (C=O) groups is 1. The minimum Gasteiger partial charge on any atom is -0.457 e. The van der Waals surface area contributed by atoms with Gasteiger partial charge in [-0.05, 0) is 25.7 Å². The number of hydrogen-bond donors (Lipinski definition) is 2. The van der Waals surface area contributed by atoms with Crippen LogP contribution in [0.4, 0.5) is 0 Å². The van der Waals surface area contributed by atoms with Gasteiger partial charge in [0.05, 0.1) is 13.2 Å². The number of allylic oxidation sites excluding steroid dienone is 1. The van der Waals surface area contributed by atoms with Crippen LogP contribution in [0.15, 0.2) is 12.2 Å². The molecule has 0 heterocycles. The molecule has 280 valence electrons. The highest BCUT2D eigenvalue weighted by Crippen LogP contribution is 2.43. The number of phosphoric acid groups is 1. The van der Waals surface area contributed by atoms with E-state index in [0.29, 0.717) is 6.42 Å². The lowest BCUT2D eigenvalue weighted by Gasteiger charge is -2.22. The largest absolute Gasteiger partial charge is 0.472 e. The summed E-state index contributed by atoms with van der Waals surface area (Å²) < 4.78 is 27.7. The molecule has 0 aliphatic carbocycles. The van der Waals surface area contributed by atoms with E-state index in [-0.39, 0.29) is 13.0 Å². The maximum atomic E-state index is 12.6. The molecule has 0 saturated heterocycles. The van der Waals surface area contributed by atoms with Crippen LogP contribution in [0.2, 0.25) is 0 Å². The van der Waals surface area contributed by atoms with E-state index in [1.54, 1.807) is 6.08 Å². The number of aliphatic hydroxyl groups is 1. The van der Waals surface area contributed by atoms with Gasteiger partial charge in [0.25, 0.3) is 0 Å². The van der Waals surface area contributed by atoms with E-state index in [1.807, 2.05) is 13.0 Å². The Morgan fingerprint density at radius 3 is 1.43 bits per heavy atom. The molecule has 47 heavy (non-hydrogen) atoms. The van der Waals surface area contributed by atoms with Crippen molar-refractivity contribution in [2.75, 3.05) is 13.2 Å². The Bertz CT molecular complexity index is 745. The summed E-state index contributed by atoms with van der Waals surface area (Å²) in [6.07, 6.45) is 35.8. The Morgan fingerprint density at radius 2 is 1.00 bits per heavy atom. The second-order valence-electron chi connectivity index (χ2n) is 13.6. The average molecular weight is 689 g/mol. The van der Waals surface area contributed by atoms with Crippen LogP contribution >= 0.6 is 7.82 Å². The van der Waals surface area contributed by atoms with Crippen molar-refractivity contribution in [3.8, 4) is 0 Å². The molecule has 3 atom stereocenters. The Balaban J connectivity index is 4.26. The van der Waals surface area contributed by atoms with E-state index in [1.165, 1.54) is 135 Å².